The number of methoxy groups -OCH3 is 2. The number of carbonyl (C=O) groups is 2. The standard InChI is InChI=1S/C21H18O7/c1-11(22)15(10-12-5-4-6-13(23)9-12)17(24)16-18(25)21(27-3)20-14(7-8-28-20)19(16)26-2/h4-10,23,25H,1-3H3/b15-10+. The summed E-state index contributed by atoms with van der Waals surface area (Å²) in [5.74, 6) is -1.73. The lowest BCUT2D eigenvalue weighted by Crippen LogP contribution is -2.12. The Kier molecular flexibility index (Phi) is 5.08. The summed E-state index contributed by atoms with van der Waals surface area (Å²) in [5.41, 5.74) is 0.266. The highest BCUT2D eigenvalue weighted by Gasteiger charge is 2.30. The number of rotatable bonds is 6. The van der Waals surface area contributed by atoms with Crippen LogP contribution in [-0.2, 0) is 4.79 Å². The normalized spacial score (nSPS) is 11.5. The molecule has 2 aromatic carbocycles. The quantitative estimate of drug-likeness (QED) is 0.290. The second-order valence-electron chi connectivity index (χ2n) is 5.99. The van der Waals surface area contributed by atoms with Crippen molar-refractivity contribution in [2.24, 2.45) is 0 Å². The molecule has 0 aliphatic heterocycles. The summed E-state index contributed by atoms with van der Waals surface area (Å²) < 4.78 is 15.9. The van der Waals surface area contributed by atoms with Crippen LogP contribution in [0.15, 0.2) is 46.6 Å². The Labute approximate surface area is 160 Å². The summed E-state index contributed by atoms with van der Waals surface area (Å²) in [5, 5.41) is 20.7. The number of carbonyl (C=O) groups excluding carboxylic acids is 2. The summed E-state index contributed by atoms with van der Waals surface area (Å²) in [6.45, 7) is 1.24. The Morgan fingerprint density at radius 2 is 1.79 bits per heavy atom. The largest absolute Gasteiger partial charge is 0.508 e. The van der Waals surface area contributed by atoms with Crippen molar-refractivity contribution in [2.75, 3.05) is 14.2 Å². The molecule has 0 bridgehead atoms. The van der Waals surface area contributed by atoms with E-state index in [1.807, 2.05) is 0 Å². The van der Waals surface area contributed by atoms with Crippen molar-refractivity contribution < 1.29 is 33.7 Å². The highest BCUT2D eigenvalue weighted by molar-refractivity contribution is 6.31. The summed E-state index contributed by atoms with van der Waals surface area (Å²) >= 11 is 0. The molecule has 0 fully saturated rings. The fourth-order valence-corrected chi connectivity index (χ4v) is 2.98. The molecular weight excluding hydrogens is 364 g/mol. The van der Waals surface area contributed by atoms with Gasteiger partial charge in [-0.2, -0.15) is 0 Å². The van der Waals surface area contributed by atoms with E-state index in [0.717, 1.165) is 0 Å². The minimum atomic E-state index is -0.744. The molecule has 3 rings (SSSR count). The Bertz CT molecular complexity index is 1110. The minimum Gasteiger partial charge on any atom is -0.508 e. The summed E-state index contributed by atoms with van der Waals surface area (Å²) in [4.78, 5) is 25.4. The molecule has 0 atom stereocenters. The van der Waals surface area contributed by atoms with Crippen LogP contribution in [0.5, 0.6) is 23.0 Å². The van der Waals surface area contributed by atoms with Crippen LogP contribution < -0.4 is 9.47 Å². The molecule has 1 heterocycles. The molecule has 3 aromatic rings. The maximum atomic E-state index is 13.2. The Hall–Kier alpha value is -3.74. The predicted molar refractivity (Wildman–Crippen MR) is 102 cm³/mol. The van der Waals surface area contributed by atoms with Gasteiger partial charge in [-0.15, -0.1) is 0 Å². The first-order chi connectivity index (χ1) is 13.4. The zero-order valence-electron chi connectivity index (χ0n) is 15.5. The highest BCUT2D eigenvalue weighted by atomic mass is 16.5. The van der Waals surface area contributed by atoms with Gasteiger partial charge in [0.05, 0.1) is 31.4 Å². The van der Waals surface area contributed by atoms with Crippen molar-refractivity contribution in [2.45, 2.75) is 6.92 Å². The van der Waals surface area contributed by atoms with Crippen molar-refractivity contribution >= 4 is 28.6 Å². The van der Waals surface area contributed by atoms with Gasteiger partial charge in [-0.05, 0) is 36.8 Å². The van der Waals surface area contributed by atoms with Crippen molar-refractivity contribution in [3.05, 3.63) is 53.3 Å². The Morgan fingerprint density at radius 3 is 2.39 bits per heavy atom. The van der Waals surface area contributed by atoms with Gasteiger partial charge in [0, 0.05) is 0 Å². The van der Waals surface area contributed by atoms with E-state index >= 15 is 0 Å². The monoisotopic (exact) mass is 382 g/mol. The number of fused-ring (bicyclic) bond motifs is 1. The molecular formula is C21H18O7. The summed E-state index contributed by atoms with van der Waals surface area (Å²) in [7, 11) is 2.67. The summed E-state index contributed by atoms with van der Waals surface area (Å²) in [6.07, 6.45) is 2.72. The van der Waals surface area contributed by atoms with Crippen molar-refractivity contribution in [1.29, 1.82) is 0 Å². The van der Waals surface area contributed by atoms with Gasteiger partial charge in [0.15, 0.2) is 17.1 Å². The van der Waals surface area contributed by atoms with Crippen molar-refractivity contribution in [1.82, 2.24) is 0 Å². The van der Waals surface area contributed by atoms with Gasteiger partial charge >= 0.3 is 0 Å². The van der Waals surface area contributed by atoms with Gasteiger partial charge in [0.1, 0.15) is 17.1 Å². The SMILES string of the molecule is COc1c(C(=O)/C(=C/c2cccc(O)c2)C(C)=O)c(O)c(OC)c2occc12. The van der Waals surface area contributed by atoms with Crippen LogP contribution in [0.3, 0.4) is 0 Å². The molecule has 0 amide bonds. The summed E-state index contributed by atoms with van der Waals surface area (Å²) in [6, 6.07) is 7.67. The van der Waals surface area contributed by atoms with Crippen LogP contribution in [-0.4, -0.2) is 36.0 Å². The molecule has 7 heteroatoms. The number of Topliss-reactive ketones (excluding diaryl/α,β-unsaturated/α-hetero) is 2. The maximum absolute atomic E-state index is 13.2. The van der Waals surface area contributed by atoms with Gasteiger partial charge in [0.25, 0.3) is 0 Å². The maximum Gasteiger partial charge on any atom is 0.205 e. The second kappa shape index (κ2) is 7.48. The topological polar surface area (TPSA) is 106 Å². The first kappa shape index (κ1) is 19.0. The second-order valence-corrected chi connectivity index (χ2v) is 5.99. The van der Waals surface area contributed by atoms with E-state index < -0.39 is 17.3 Å². The lowest BCUT2D eigenvalue weighted by atomic mass is 9.95. The van der Waals surface area contributed by atoms with E-state index in [-0.39, 0.29) is 34.0 Å². The number of phenolic OH excluding ortho intramolecular Hbond substituents is 2. The predicted octanol–water partition coefficient (Wildman–Crippen LogP) is 3.72. The number of allylic oxidation sites excluding steroid dienone is 1. The van der Waals surface area contributed by atoms with Crippen molar-refractivity contribution in [3.8, 4) is 23.0 Å². The van der Waals surface area contributed by atoms with E-state index in [2.05, 4.69) is 0 Å². The zero-order chi connectivity index (χ0) is 20.4. The molecule has 0 aliphatic carbocycles. The molecule has 0 radical (unpaired) electrons. The van der Waals surface area contributed by atoms with Gasteiger partial charge in [-0.25, -0.2) is 0 Å². The molecule has 2 N–H and O–H groups in total. The van der Waals surface area contributed by atoms with Gasteiger partial charge in [0.2, 0.25) is 11.5 Å². The van der Waals surface area contributed by atoms with Crippen LogP contribution >= 0.6 is 0 Å². The third-order valence-electron chi connectivity index (χ3n) is 4.24. The van der Waals surface area contributed by atoms with E-state index in [1.54, 1.807) is 18.2 Å². The lowest BCUT2D eigenvalue weighted by molar-refractivity contribution is -0.113. The van der Waals surface area contributed by atoms with E-state index in [4.69, 9.17) is 13.9 Å². The third-order valence-corrected chi connectivity index (χ3v) is 4.24. The molecule has 0 saturated carbocycles. The number of phenols is 2. The molecule has 0 spiro atoms. The lowest BCUT2D eigenvalue weighted by Gasteiger charge is -2.14. The number of ether oxygens (including phenoxy) is 2. The fourth-order valence-electron chi connectivity index (χ4n) is 2.98. The first-order valence-electron chi connectivity index (χ1n) is 8.29. The number of ketones is 2. The van der Waals surface area contributed by atoms with E-state index in [9.17, 15) is 19.8 Å². The van der Waals surface area contributed by atoms with Crippen LogP contribution in [0.4, 0.5) is 0 Å². The van der Waals surface area contributed by atoms with Crippen LogP contribution in [0.25, 0.3) is 17.0 Å². The minimum absolute atomic E-state index is 0.00832. The molecule has 144 valence electrons. The first-order valence-corrected chi connectivity index (χ1v) is 8.29. The van der Waals surface area contributed by atoms with Gasteiger partial charge in [-0.1, -0.05) is 12.1 Å². The third kappa shape index (κ3) is 3.18. The number of furan rings is 1. The Morgan fingerprint density at radius 1 is 1.07 bits per heavy atom. The highest BCUT2D eigenvalue weighted by Crippen LogP contribution is 2.46. The molecule has 28 heavy (non-hydrogen) atoms. The van der Waals surface area contributed by atoms with Crippen LogP contribution in [0.2, 0.25) is 0 Å². The number of hydrogen-bond acceptors (Lipinski definition) is 7. The average molecular weight is 382 g/mol. The average Bonchev–Trinajstić information content (AvgIpc) is 3.13. The Balaban J connectivity index is 2.26. The van der Waals surface area contributed by atoms with E-state index in [1.165, 1.54) is 45.6 Å². The van der Waals surface area contributed by atoms with E-state index in [0.29, 0.717) is 10.9 Å². The molecule has 0 aliphatic rings. The molecule has 0 saturated heterocycles. The van der Waals surface area contributed by atoms with Gasteiger partial charge < -0.3 is 24.1 Å². The molecule has 1 aromatic heterocycles. The van der Waals surface area contributed by atoms with Crippen LogP contribution in [0, 0.1) is 0 Å². The smallest absolute Gasteiger partial charge is 0.205 e. The van der Waals surface area contributed by atoms with Gasteiger partial charge in [-0.3, -0.25) is 9.59 Å². The zero-order valence-corrected chi connectivity index (χ0v) is 15.5. The number of aromatic hydroxyl groups is 2. The number of hydrogen-bond donors (Lipinski definition) is 2. The molecule has 0 unspecified atom stereocenters. The number of benzene rings is 2. The van der Waals surface area contributed by atoms with Crippen molar-refractivity contribution in [3.63, 3.8) is 0 Å². The van der Waals surface area contributed by atoms with Crippen LogP contribution in [0.1, 0.15) is 22.8 Å². The molecule has 7 nitrogen and oxygen atoms in total. The fraction of sp³-hybridized carbons (Fsp3) is 0.143.